The van der Waals surface area contributed by atoms with Crippen LogP contribution in [-0.2, 0) is 4.74 Å². The lowest BCUT2D eigenvalue weighted by Gasteiger charge is -2.30. The molecule has 0 radical (unpaired) electrons. The number of pyridine rings is 1. The smallest absolute Gasteiger partial charge is 0.278 e. The molecule has 0 bridgehead atoms. The Bertz CT molecular complexity index is 1360. The molecule has 0 N–H and O–H groups in total. The van der Waals surface area contributed by atoms with Crippen molar-refractivity contribution in [2.45, 2.75) is 64.0 Å². The molecule has 0 amide bonds. The zero-order valence-electron chi connectivity index (χ0n) is 19.9. The number of hydrogen-bond donors (Lipinski definition) is 0. The molecule has 0 aromatic carbocycles. The molecule has 3 aromatic heterocycles. The second kappa shape index (κ2) is 9.07. The van der Waals surface area contributed by atoms with Gasteiger partial charge in [-0.05, 0) is 56.4 Å². The molecule has 0 saturated heterocycles. The Morgan fingerprint density at radius 2 is 1.89 bits per heavy atom. The van der Waals surface area contributed by atoms with Gasteiger partial charge >= 0.3 is 0 Å². The predicted octanol–water partition coefficient (Wildman–Crippen LogP) is 4.50. The highest BCUT2D eigenvalue weighted by Crippen LogP contribution is 2.39. The molecule has 184 valence electrons. The van der Waals surface area contributed by atoms with Gasteiger partial charge in [-0.1, -0.05) is 0 Å². The first-order chi connectivity index (χ1) is 16.8. The van der Waals surface area contributed by atoms with Crippen molar-refractivity contribution in [3.05, 3.63) is 57.4 Å². The second-order valence-electron chi connectivity index (χ2n) is 9.13. The van der Waals surface area contributed by atoms with Crippen molar-refractivity contribution >= 4 is 16.9 Å². The molecule has 5 rings (SSSR count). The summed E-state index contributed by atoms with van der Waals surface area (Å²) in [5.74, 6) is -2.24. The first-order valence-corrected chi connectivity index (χ1v) is 11.7. The van der Waals surface area contributed by atoms with Crippen LogP contribution in [0.2, 0.25) is 0 Å². The number of methoxy groups -OCH3 is 1. The zero-order valence-corrected chi connectivity index (χ0v) is 19.9. The number of fused-ring (bicyclic) bond motifs is 1. The van der Waals surface area contributed by atoms with Gasteiger partial charge in [-0.3, -0.25) is 9.36 Å². The zero-order chi connectivity index (χ0) is 24.7. The van der Waals surface area contributed by atoms with E-state index in [-0.39, 0.29) is 43.0 Å². The van der Waals surface area contributed by atoms with Gasteiger partial charge < -0.3 is 9.47 Å². The molecule has 35 heavy (non-hydrogen) atoms. The second-order valence-corrected chi connectivity index (χ2v) is 9.13. The molecule has 1 saturated carbocycles. The van der Waals surface area contributed by atoms with Gasteiger partial charge in [-0.15, -0.1) is 0 Å². The van der Waals surface area contributed by atoms with E-state index >= 15 is 0 Å². The topological polar surface area (TPSA) is 92.0 Å². The molecule has 4 heterocycles. The third kappa shape index (κ3) is 4.54. The van der Waals surface area contributed by atoms with Crippen molar-refractivity contribution in [3.8, 4) is 5.88 Å². The standard InChI is InChI=1S/C25H27F2N5O3/c1-14-15(2)30-23-22(29-14)31-21(24(33)32(23)18-4-8-25(26,27)9-5-18)17-7-11-35-19(12-17)16-6-10-28-20(13-16)34-3/h6,10,12-13,18-19H,4-5,7-9,11H2,1-3H3. The van der Waals surface area contributed by atoms with Crippen molar-refractivity contribution in [2.75, 3.05) is 13.7 Å². The van der Waals surface area contributed by atoms with Crippen molar-refractivity contribution < 1.29 is 18.3 Å². The first-order valence-electron chi connectivity index (χ1n) is 11.7. The van der Waals surface area contributed by atoms with E-state index < -0.39 is 12.0 Å². The number of nitrogens with zero attached hydrogens (tertiary/aromatic N) is 5. The summed E-state index contributed by atoms with van der Waals surface area (Å²) in [5, 5.41) is 0. The average molecular weight is 484 g/mol. The number of aryl methyl sites for hydroxylation is 2. The lowest BCUT2D eigenvalue weighted by atomic mass is 9.91. The molecule has 1 aliphatic carbocycles. The van der Waals surface area contributed by atoms with Gasteiger partial charge in [-0.25, -0.2) is 28.7 Å². The van der Waals surface area contributed by atoms with Crippen LogP contribution in [0.5, 0.6) is 5.88 Å². The summed E-state index contributed by atoms with van der Waals surface area (Å²) in [6, 6.07) is 3.23. The van der Waals surface area contributed by atoms with Crippen LogP contribution in [-0.4, -0.2) is 44.1 Å². The highest BCUT2D eigenvalue weighted by molar-refractivity contribution is 5.72. The third-order valence-corrected chi connectivity index (χ3v) is 6.81. The van der Waals surface area contributed by atoms with Crippen molar-refractivity contribution in [1.82, 2.24) is 24.5 Å². The van der Waals surface area contributed by atoms with Crippen molar-refractivity contribution in [3.63, 3.8) is 0 Å². The molecule has 8 nitrogen and oxygen atoms in total. The van der Waals surface area contributed by atoms with E-state index in [4.69, 9.17) is 9.47 Å². The summed E-state index contributed by atoms with van der Waals surface area (Å²) < 4.78 is 40.5. The summed E-state index contributed by atoms with van der Waals surface area (Å²) in [6.45, 7) is 4.04. The molecule has 1 fully saturated rings. The van der Waals surface area contributed by atoms with Crippen LogP contribution in [0.1, 0.15) is 66.9 Å². The maximum Gasteiger partial charge on any atom is 0.278 e. The summed E-state index contributed by atoms with van der Waals surface area (Å²) in [4.78, 5) is 31.8. The summed E-state index contributed by atoms with van der Waals surface area (Å²) in [5.41, 5.74) is 3.59. The minimum Gasteiger partial charge on any atom is -0.481 e. The quantitative estimate of drug-likeness (QED) is 0.539. The van der Waals surface area contributed by atoms with Gasteiger partial charge in [0.1, 0.15) is 11.8 Å². The Morgan fingerprint density at radius 3 is 2.63 bits per heavy atom. The fourth-order valence-corrected chi connectivity index (χ4v) is 4.72. The number of rotatable bonds is 4. The van der Waals surface area contributed by atoms with Crippen molar-refractivity contribution in [2.24, 2.45) is 0 Å². The molecular formula is C25H27F2N5O3. The van der Waals surface area contributed by atoms with Crippen LogP contribution in [0.3, 0.4) is 0 Å². The van der Waals surface area contributed by atoms with Crippen LogP contribution < -0.4 is 10.3 Å². The lowest BCUT2D eigenvalue weighted by Crippen LogP contribution is -2.35. The summed E-state index contributed by atoms with van der Waals surface area (Å²) in [6.07, 6.45) is 3.48. The van der Waals surface area contributed by atoms with E-state index in [0.29, 0.717) is 41.6 Å². The molecule has 2 aliphatic rings. The Balaban J connectivity index is 1.63. The van der Waals surface area contributed by atoms with E-state index in [1.54, 1.807) is 23.9 Å². The number of ether oxygens (including phenoxy) is 2. The molecule has 3 aromatic rings. The van der Waals surface area contributed by atoms with E-state index in [0.717, 1.165) is 11.1 Å². The first kappa shape index (κ1) is 23.5. The van der Waals surface area contributed by atoms with Crippen molar-refractivity contribution in [1.29, 1.82) is 0 Å². The Hall–Kier alpha value is -3.27. The Morgan fingerprint density at radius 1 is 1.14 bits per heavy atom. The Kier molecular flexibility index (Phi) is 6.08. The van der Waals surface area contributed by atoms with E-state index in [9.17, 15) is 13.6 Å². The average Bonchev–Trinajstić information content (AvgIpc) is 2.85. The van der Waals surface area contributed by atoms with Crippen LogP contribution in [0.15, 0.2) is 29.2 Å². The fourth-order valence-electron chi connectivity index (χ4n) is 4.72. The molecule has 1 aliphatic heterocycles. The molecule has 1 atom stereocenters. The van der Waals surface area contributed by atoms with Crippen LogP contribution in [0.25, 0.3) is 16.9 Å². The number of halogens is 2. The minimum absolute atomic E-state index is 0.196. The van der Waals surface area contributed by atoms with Gasteiger partial charge in [0.2, 0.25) is 11.8 Å². The highest BCUT2D eigenvalue weighted by Gasteiger charge is 2.37. The maximum absolute atomic E-state index is 13.9. The van der Waals surface area contributed by atoms with Crippen LogP contribution >= 0.6 is 0 Å². The van der Waals surface area contributed by atoms with Crippen LogP contribution in [0.4, 0.5) is 8.78 Å². The van der Waals surface area contributed by atoms with E-state index in [2.05, 4.69) is 19.9 Å². The largest absolute Gasteiger partial charge is 0.481 e. The normalized spacial score (nSPS) is 20.6. The summed E-state index contributed by atoms with van der Waals surface area (Å²) in [7, 11) is 1.54. The third-order valence-electron chi connectivity index (χ3n) is 6.81. The lowest BCUT2D eigenvalue weighted by molar-refractivity contribution is -0.0439. The maximum atomic E-state index is 13.9. The van der Waals surface area contributed by atoms with Crippen LogP contribution in [0, 0.1) is 13.8 Å². The van der Waals surface area contributed by atoms with Gasteiger partial charge in [0.05, 0.1) is 25.1 Å². The van der Waals surface area contributed by atoms with E-state index in [1.165, 1.54) is 0 Å². The molecule has 1 unspecified atom stereocenters. The van der Waals surface area contributed by atoms with Gasteiger partial charge in [-0.2, -0.15) is 0 Å². The molecule has 10 heteroatoms. The summed E-state index contributed by atoms with van der Waals surface area (Å²) >= 11 is 0. The van der Waals surface area contributed by atoms with Gasteiger partial charge in [0.15, 0.2) is 11.3 Å². The number of alkyl halides is 2. The number of hydrogen-bond acceptors (Lipinski definition) is 7. The predicted molar refractivity (Wildman–Crippen MR) is 126 cm³/mol. The fraction of sp³-hybridized carbons (Fsp3) is 0.480. The Labute approximate surface area is 201 Å². The van der Waals surface area contributed by atoms with E-state index in [1.807, 2.05) is 26.0 Å². The SMILES string of the molecule is COc1cc(C2C=C(c3nc4nc(C)c(C)nc4n(C4CCC(F)(F)CC4)c3=O)CCO2)ccn1. The monoisotopic (exact) mass is 483 g/mol. The van der Waals surface area contributed by atoms with Gasteiger partial charge in [0, 0.05) is 31.1 Å². The van der Waals surface area contributed by atoms with Gasteiger partial charge in [0.25, 0.3) is 5.56 Å². The minimum atomic E-state index is -2.70. The number of aromatic nitrogens is 5. The molecule has 0 spiro atoms. The molecular weight excluding hydrogens is 456 g/mol. The highest BCUT2D eigenvalue weighted by atomic mass is 19.3.